The first-order valence-corrected chi connectivity index (χ1v) is 14.0. The number of halogens is 1. The summed E-state index contributed by atoms with van der Waals surface area (Å²) in [6, 6.07) is 27.1. The lowest BCUT2D eigenvalue weighted by Crippen LogP contribution is -2.51. The highest BCUT2D eigenvalue weighted by Gasteiger charge is 2.70. The number of hydrogen-bond donors (Lipinski definition) is 2. The maximum Gasteiger partial charge on any atom is 0.247 e. The summed E-state index contributed by atoms with van der Waals surface area (Å²) in [7, 11) is 1.53. The molecule has 7 rings (SSSR count). The number of ketones is 1. The molecule has 42 heavy (non-hydrogen) atoms. The third-order valence-electron chi connectivity index (χ3n) is 8.56. The van der Waals surface area contributed by atoms with Crippen LogP contribution in [0.1, 0.15) is 21.5 Å². The number of Topliss-reactive ketones (excluding diaryl/α,β-unsaturated/α-hetero) is 1. The molecule has 2 amide bonds. The molecular formula is C34H26ClN3O4. The Bertz CT molecular complexity index is 1790. The molecule has 8 heteroatoms. The molecule has 1 spiro atoms. The maximum absolute atomic E-state index is 14.8. The van der Waals surface area contributed by atoms with Gasteiger partial charge in [-0.2, -0.15) is 0 Å². The van der Waals surface area contributed by atoms with Crippen LogP contribution in [0.15, 0.2) is 103 Å². The van der Waals surface area contributed by atoms with Crippen LogP contribution in [0.4, 0.5) is 17.1 Å². The van der Waals surface area contributed by atoms with E-state index in [0.717, 1.165) is 11.3 Å². The van der Waals surface area contributed by atoms with Crippen molar-refractivity contribution < 1.29 is 19.1 Å². The number of nitrogens with zero attached hydrogens (tertiary/aromatic N) is 1. The lowest BCUT2D eigenvalue weighted by Gasteiger charge is -2.37. The van der Waals surface area contributed by atoms with Gasteiger partial charge in [-0.3, -0.25) is 14.4 Å². The average molecular weight is 576 g/mol. The second-order valence-corrected chi connectivity index (χ2v) is 11.1. The van der Waals surface area contributed by atoms with Gasteiger partial charge in [-0.1, -0.05) is 72.3 Å². The monoisotopic (exact) mass is 575 g/mol. The number of hydrogen-bond acceptors (Lipinski definition) is 5. The molecule has 0 bridgehead atoms. The van der Waals surface area contributed by atoms with Gasteiger partial charge in [0.15, 0.2) is 5.78 Å². The molecule has 208 valence electrons. The second-order valence-electron chi connectivity index (χ2n) is 10.7. The summed E-state index contributed by atoms with van der Waals surface area (Å²) in [5, 5.41) is 6.58. The molecule has 3 aliphatic heterocycles. The molecule has 7 nitrogen and oxygen atoms in total. The average Bonchev–Trinajstić information content (AvgIpc) is 3.50. The summed E-state index contributed by atoms with van der Waals surface area (Å²) in [6.45, 7) is 0. The number of para-hydroxylation sites is 2. The zero-order valence-corrected chi connectivity index (χ0v) is 23.3. The largest absolute Gasteiger partial charge is 0.497 e. The van der Waals surface area contributed by atoms with Crippen molar-refractivity contribution in [3.63, 3.8) is 0 Å². The van der Waals surface area contributed by atoms with Crippen LogP contribution < -0.4 is 20.3 Å². The van der Waals surface area contributed by atoms with Gasteiger partial charge in [-0.15, -0.1) is 0 Å². The molecule has 0 aromatic heterocycles. The Hall–Kier alpha value is -4.88. The maximum atomic E-state index is 14.8. The Balaban J connectivity index is 1.48. The summed E-state index contributed by atoms with van der Waals surface area (Å²) < 4.78 is 5.42. The molecule has 3 aliphatic rings. The number of methoxy groups -OCH3 is 1. The number of carbonyl (C=O) groups excluding carboxylic acids is 3. The first-order valence-electron chi connectivity index (χ1n) is 13.6. The Kier molecular flexibility index (Phi) is 6.13. The standard InChI is InChI=1S/C34H26ClN3O4/c1-42-24-9-6-8-21(19-24)31(39)29-30(32(40)36-23-16-14-22(35)15-17-23)38-27-12-5-2-7-20(27)13-18-28(38)34(29)25-10-3-4-11-26(25)37-33(34)41/h2-19,28-30H,1H3,(H,36,40)(H,37,41)/t28-,29-,30+,34-/m0/s1. The lowest BCUT2D eigenvalue weighted by atomic mass is 9.64. The van der Waals surface area contributed by atoms with Crippen molar-refractivity contribution in [1.82, 2.24) is 0 Å². The van der Waals surface area contributed by atoms with E-state index < -0.39 is 29.3 Å². The lowest BCUT2D eigenvalue weighted by molar-refractivity contribution is -0.122. The molecule has 0 aliphatic carbocycles. The van der Waals surface area contributed by atoms with E-state index in [1.54, 1.807) is 48.5 Å². The van der Waals surface area contributed by atoms with Crippen LogP contribution in [0.5, 0.6) is 5.75 Å². The fourth-order valence-corrected chi connectivity index (χ4v) is 6.95. The van der Waals surface area contributed by atoms with Crippen LogP contribution in [0, 0.1) is 5.92 Å². The normalized spacial score (nSPS) is 23.1. The first-order chi connectivity index (χ1) is 20.4. The van der Waals surface area contributed by atoms with Gasteiger partial charge in [0.25, 0.3) is 0 Å². The Morgan fingerprint density at radius 3 is 2.52 bits per heavy atom. The van der Waals surface area contributed by atoms with Gasteiger partial charge in [-0.25, -0.2) is 0 Å². The minimum absolute atomic E-state index is 0.314. The van der Waals surface area contributed by atoms with Gasteiger partial charge in [-0.05, 0) is 59.7 Å². The molecule has 4 aromatic carbocycles. The molecular weight excluding hydrogens is 550 g/mol. The molecule has 1 fully saturated rings. The van der Waals surface area contributed by atoms with Crippen molar-refractivity contribution in [2.75, 3.05) is 22.6 Å². The van der Waals surface area contributed by atoms with Crippen LogP contribution in [-0.2, 0) is 15.0 Å². The van der Waals surface area contributed by atoms with Gasteiger partial charge in [0.2, 0.25) is 11.8 Å². The molecule has 0 radical (unpaired) electrons. The highest BCUT2D eigenvalue weighted by atomic mass is 35.5. The van der Waals surface area contributed by atoms with Gasteiger partial charge in [0.05, 0.1) is 19.1 Å². The number of benzene rings is 4. The van der Waals surface area contributed by atoms with Crippen molar-refractivity contribution in [3.8, 4) is 5.75 Å². The molecule has 1 saturated heterocycles. The molecule has 4 aromatic rings. The van der Waals surface area contributed by atoms with Crippen molar-refractivity contribution in [1.29, 1.82) is 0 Å². The van der Waals surface area contributed by atoms with E-state index in [9.17, 15) is 14.4 Å². The topological polar surface area (TPSA) is 87.7 Å². The predicted molar refractivity (Wildman–Crippen MR) is 163 cm³/mol. The van der Waals surface area contributed by atoms with Crippen molar-refractivity contribution in [2.24, 2.45) is 5.92 Å². The van der Waals surface area contributed by atoms with E-state index in [-0.39, 0.29) is 11.7 Å². The van der Waals surface area contributed by atoms with Crippen LogP contribution in [0.3, 0.4) is 0 Å². The van der Waals surface area contributed by atoms with Crippen molar-refractivity contribution in [3.05, 3.63) is 125 Å². The highest BCUT2D eigenvalue weighted by Crippen LogP contribution is 2.57. The number of carbonyl (C=O) groups is 3. The summed E-state index contributed by atoms with van der Waals surface area (Å²) in [5.41, 5.74) is 2.51. The smallest absolute Gasteiger partial charge is 0.247 e. The SMILES string of the molecule is COc1cccc(C(=O)[C@@H]2[C@H](C(=O)Nc3ccc(Cl)cc3)N3c4ccccc4C=C[C@H]3[C@]23C(=O)Nc2ccccc23)c1. The highest BCUT2D eigenvalue weighted by molar-refractivity contribution is 6.30. The number of amides is 2. The Labute approximate surface area is 247 Å². The number of ether oxygens (including phenoxy) is 1. The Morgan fingerprint density at radius 1 is 0.952 bits per heavy atom. The van der Waals surface area contributed by atoms with Crippen LogP contribution in [-0.4, -0.2) is 36.8 Å². The van der Waals surface area contributed by atoms with Gasteiger partial charge in [0, 0.05) is 27.6 Å². The third-order valence-corrected chi connectivity index (χ3v) is 8.81. The summed E-state index contributed by atoms with van der Waals surface area (Å²) in [6.07, 6.45) is 3.92. The minimum Gasteiger partial charge on any atom is -0.497 e. The van der Waals surface area contributed by atoms with Crippen LogP contribution in [0.2, 0.25) is 5.02 Å². The Morgan fingerprint density at radius 2 is 1.71 bits per heavy atom. The third kappa shape index (κ3) is 3.77. The van der Waals surface area contributed by atoms with Gasteiger partial charge >= 0.3 is 0 Å². The first kappa shape index (κ1) is 26.0. The number of nitrogens with one attached hydrogen (secondary N) is 2. The molecule has 2 N–H and O–H groups in total. The van der Waals surface area contributed by atoms with E-state index in [1.807, 2.05) is 65.6 Å². The van der Waals surface area contributed by atoms with E-state index >= 15 is 0 Å². The summed E-state index contributed by atoms with van der Waals surface area (Å²) in [4.78, 5) is 45.6. The fourth-order valence-electron chi connectivity index (χ4n) is 6.83. The van der Waals surface area contributed by atoms with Gasteiger partial charge in [0.1, 0.15) is 17.2 Å². The molecule has 3 heterocycles. The van der Waals surface area contributed by atoms with E-state index in [4.69, 9.17) is 16.3 Å². The van der Waals surface area contributed by atoms with Crippen molar-refractivity contribution >= 4 is 52.3 Å². The summed E-state index contributed by atoms with van der Waals surface area (Å²) >= 11 is 6.10. The number of fused-ring (bicyclic) bond motifs is 6. The molecule has 0 saturated carbocycles. The second kappa shape index (κ2) is 9.89. The van der Waals surface area contributed by atoms with E-state index in [2.05, 4.69) is 10.6 Å². The number of rotatable bonds is 5. The van der Waals surface area contributed by atoms with Crippen LogP contribution in [0.25, 0.3) is 6.08 Å². The van der Waals surface area contributed by atoms with E-state index in [0.29, 0.717) is 33.3 Å². The number of anilines is 3. The predicted octanol–water partition coefficient (Wildman–Crippen LogP) is 5.96. The minimum atomic E-state index is -1.39. The van der Waals surface area contributed by atoms with Crippen LogP contribution >= 0.6 is 11.6 Å². The molecule has 4 atom stereocenters. The zero-order valence-electron chi connectivity index (χ0n) is 22.6. The van der Waals surface area contributed by atoms with Crippen molar-refractivity contribution in [2.45, 2.75) is 17.5 Å². The summed E-state index contributed by atoms with van der Waals surface area (Å²) in [5.74, 6) is -1.61. The van der Waals surface area contributed by atoms with Gasteiger partial charge < -0.3 is 20.3 Å². The zero-order chi connectivity index (χ0) is 29.0. The molecule has 0 unspecified atom stereocenters. The fraction of sp³-hybridized carbons (Fsp3) is 0.147. The van der Waals surface area contributed by atoms with E-state index in [1.165, 1.54) is 7.11 Å². The quantitative estimate of drug-likeness (QED) is 0.287.